The number of aliphatic imine (C=N–C) groups is 1. The SMILES string of the molecule is O=C=NC(=O)C1CC1c1ccccc1. The van der Waals surface area contributed by atoms with Crippen LogP contribution in [0.5, 0.6) is 0 Å². The molecule has 0 aliphatic heterocycles. The first kappa shape index (κ1) is 8.85. The number of nitrogens with zero attached hydrogens (tertiary/aromatic N) is 1. The van der Waals surface area contributed by atoms with E-state index in [9.17, 15) is 9.59 Å². The Balaban J connectivity index is 2.07. The summed E-state index contributed by atoms with van der Waals surface area (Å²) in [5.41, 5.74) is 1.15. The molecule has 0 radical (unpaired) electrons. The predicted molar refractivity (Wildman–Crippen MR) is 50.4 cm³/mol. The second-order valence-corrected chi connectivity index (χ2v) is 3.40. The van der Waals surface area contributed by atoms with E-state index >= 15 is 0 Å². The second kappa shape index (κ2) is 3.56. The molecule has 0 saturated heterocycles. The van der Waals surface area contributed by atoms with E-state index in [1.807, 2.05) is 30.3 Å². The van der Waals surface area contributed by atoms with Gasteiger partial charge in [-0.25, -0.2) is 4.79 Å². The molecule has 0 spiro atoms. The predicted octanol–water partition coefficient (Wildman–Crippen LogP) is 1.65. The van der Waals surface area contributed by atoms with Crippen molar-refractivity contribution in [2.24, 2.45) is 10.9 Å². The first-order valence-electron chi connectivity index (χ1n) is 4.49. The molecule has 1 aromatic carbocycles. The van der Waals surface area contributed by atoms with Gasteiger partial charge in [0, 0.05) is 5.92 Å². The molecule has 1 saturated carbocycles. The van der Waals surface area contributed by atoms with Crippen LogP contribution >= 0.6 is 0 Å². The van der Waals surface area contributed by atoms with Crippen LogP contribution in [0.15, 0.2) is 35.3 Å². The van der Waals surface area contributed by atoms with E-state index in [0.717, 1.165) is 12.0 Å². The summed E-state index contributed by atoms with van der Waals surface area (Å²) in [6, 6.07) is 9.80. The van der Waals surface area contributed by atoms with Crippen molar-refractivity contribution in [3.63, 3.8) is 0 Å². The lowest BCUT2D eigenvalue weighted by Gasteiger charge is -1.95. The molecule has 3 heteroatoms. The fourth-order valence-corrected chi connectivity index (χ4v) is 1.66. The molecule has 70 valence electrons. The first-order valence-corrected chi connectivity index (χ1v) is 4.49. The van der Waals surface area contributed by atoms with Crippen LogP contribution in [0.3, 0.4) is 0 Å². The molecule has 1 fully saturated rings. The smallest absolute Gasteiger partial charge is 0.260 e. The maximum absolute atomic E-state index is 11.2. The van der Waals surface area contributed by atoms with Gasteiger partial charge in [-0.3, -0.25) is 4.79 Å². The van der Waals surface area contributed by atoms with Crippen LogP contribution in [0.4, 0.5) is 0 Å². The lowest BCUT2D eigenvalue weighted by Crippen LogP contribution is -1.97. The fourth-order valence-electron chi connectivity index (χ4n) is 1.66. The van der Waals surface area contributed by atoms with E-state index < -0.39 is 0 Å². The zero-order valence-electron chi connectivity index (χ0n) is 7.51. The summed E-state index contributed by atoms with van der Waals surface area (Å²) in [7, 11) is 0. The highest BCUT2D eigenvalue weighted by molar-refractivity contribution is 5.87. The zero-order chi connectivity index (χ0) is 9.97. The summed E-state index contributed by atoms with van der Waals surface area (Å²) in [4.78, 5) is 24.2. The maximum Gasteiger partial charge on any atom is 0.260 e. The Kier molecular flexibility index (Phi) is 2.25. The number of benzene rings is 1. The summed E-state index contributed by atoms with van der Waals surface area (Å²) >= 11 is 0. The van der Waals surface area contributed by atoms with Crippen LogP contribution in [-0.2, 0) is 9.59 Å². The van der Waals surface area contributed by atoms with Gasteiger partial charge < -0.3 is 0 Å². The van der Waals surface area contributed by atoms with Crippen LogP contribution in [-0.4, -0.2) is 12.0 Å². The zero-order valence-corrected chi connectivity index (χ0v) is 7.51. The normalized spacial score (nSPS) is 23.7. The molecule has 0 bridgehead atoms. The average Bonchev–Trinajstić information content (AvgIpc) is 2.99. The van der Waals surface area contributed by atoms with Gasteiger partial charge in [0.1, 0.15) is 0 Å². The third kappa shape index (κ3) is 1.63. The molecule has 1 aliphatic rings. The minimum Gasteiger partial charge on any atom is -0.271 e. The molecule has 1 amide bonds. The highest BCUT2D eigenvalue weighted by Gasteiger charge is 2.43. The minimum atomic E-state index is -0.339. The van der Waals surface area contributed by atoms with Crippen LogP contribution in [0.25, 0.3) is 0 Å². The molecule has 1 aliphatic carbocycles. The number of rotatable bonds is 2. The summed E-state index contributed by atoms with van der Waals surface area (Å²) in [5.74, 6) is -0.187. The van der Waals surface area contributed by atoms with Gasteiger partial charge in [-0.05, 0) is 17.9 Å². The lowest BCUT2D eigenvalue weighted by atomic mass is 10.1. The maximum atomic E-state index is 11.2. The number of amides is 1. The van der Waals surface area contributed by atoms with Crippen LogP contribution in [0.1, 0.15) is 17.9 Å². The Morgan fingerprint density at radius 1 is 1.36 bits per heavy atom. The Bertz CT molecular complexity index is 393. The Labute approximate surface area is 81.5 Å². The molecule has 2 atom stereocenters. The van der Waals surface area contributed by atoms with Crippen LogP contribution < -0.4 is 0 Å². The van der Waals surface area contributed by atoms with E-state index in [4.69, 9.17) is 0 Å². The largest absolute Gasteiger partial charge is 0.271 e. The molecule has 1 aromatic rings. The monoisotopic (exact) mass is 187 g/mol. The van der Waals surface area contributed by atoms with Crippen molar-refractivity contribution in [1.82, 2.24) is 0 Å². The number of carbonyl (C=O) groups is 1. The van der Waals surface area contributed by atoms with Crippen molar-refractivity contribution < 1.29 is 9.59 Å². The summed E-state index contributed by atoms with van der Waals surface area (Å²) < 4.78 is 0. The highest BCUT2D eigenvalue weighted by atomic mass is 16.2. The Morgan fingerprint density at radius 2 is 2.07 bits per heavy atom. The molecule has 0 heterocycles. The number of carbonyl (C=O) groups excluding carboxylic acids is 2. The van der Waals surface area contributed by atoms with Gasteiger partial charge in [0.15, 0.2) is 0 Å². The van der Waals surface area contributed by atoms with Crippen molar-refractivity contribution in [3.8, 4) is 0 Å². The van der Waals surface area contributed by atoms with E-state index in [1.54, 1.807) is 0 Å². The van der Waals surface area contributed by atoms with Crippen molar-refractivity contribution in [3.05, 3.63) is 35.9 Å². The highest BCUT2D eigenvalue weighted by Crippen LogP contribution is 2.47. The molecule has 3 nitrogen and oxygen atoms in total. The van der Waals surface area contributed by atoms with Gasteiger partial charge in [0.25, 0.3) is 5.91 Å². The number of isocyanates is 1. The number of hydrogen-bond donors (Lipinski definition) is 0. The van der Waals surface area contributed by atoms with Gasteiger partial charge in [-0.1, -0.05) is 30.3 Å². The lowest BCUT2D eigenvalue weighted by molar-refractivity contribution is -0.119. The first-order chi connectivity index (χ1) is 6.83. The fraction of sp³-hybridized carbons (Fsp3) is 0.273. The van der Waals surface area contributed by atoms with E-state index in [0.29, 0.717) is 0 Å². The third-order valence-corrected chi connectivity index (χ3v) is 2.49. The average molecular weight is 187 g/mol. The van der Waals surface area contributed by atoms with Gasteiger partial charge >= 0.3 is 0 Å². The molecule has 2 rings (SSSR count). The summed E-state index contributed by atoms with van der Waals surface area (Å²) in [6.45, 7) is 0. The minimum absolute atomic E-state index is 0.0983. The Morgan fingerprint density at radius 3 is 2.71 bits per heavy atom. The van der Waals surface area contributed by atoms with Crippen LogP contribution in [0.2, 0.25) is 0 Å². The third-order valence-electron chi connectivity index (χ3n) is 2.49. The summed E-state index contributed by atoms with van der Waals surface area (Å²) in [5, 5.41) is 0. The Hall–Kier alpha value is -1.73. The van der Waals surface area contributed by atoms with Crippen molar-refractivity contribution in [2.45, 2.75) is 12.3 Å². The van der Waals surface area contributed by atoms with E-state index in [2.05, 4.69) is 4.99 Å². The molecule has 14 heavy (non-hydrogen) atoms. The quantitative estimate of drug-likeness (QED) is 0.522. The van der Waals surface area contributed by atoms with Crippen LogP contribution in [0, 0.1) is 5.92 Å². The van der Waals surface area contributed by atoms with Gasteiger partial charge in [-0.15, -0.1) is 4.99 Å². The molecule has 2 unspecified atom stereocenters. The van der Waals surface area contributed by atoms with Gasteiger partial charge in [0.05, 0.1) is 0 Å². The van der Waals surface area contributed by atoms with Gasteiger partial charge in [-0.2, -0.15) is 0 Å². The topological polar surface area (TPSA) is 46.5 Å². The van der Waals surface area contributed by atoms with Crippen molar-refractivity contribution >= 4 is 12.0 Å². The molecule has 0 N–H and O–H groups in total. The summed E-state index contributed by atoms with van der Waals surface area (Å²) in [6.07, 6.45) is 2.09. The molecular formula is C11H9NO2. The van der Waals surface area contributed by atoms with E-state index in [-0.39, 0.29) is 17.7 Å². The van der Waals surface area contributed by atoms with Crippen molar-refractivity contribution in [2.75, 3.05) is 0 Å². The standard InChI is InChI=1S/C11H9NO2/c13-7-12-11(14)10-6-9(10)8-4-2-1-3-5-8/h1-5,9-10H,6H2. The van der Waals surface area contributed by atoms with Gasteiger partial charge in [0.2, 0.25) is 6.08 Å². The molecular weight excluding hydrogens is 178 g/mol. The molecule has 0 aromatic heterocycles. The van der Waals surface area contributed by atoms with E-state index in [1.165, 1.54) is 6.08 Å². The number of hydrogen-bond acceptors (Lipinski definition) is 2. The van der Waals surface area contributed by atoms with Crippen molar-refractivity contribution in [1.29, 1.82) is 0 Å². The second-order valence-electron chi connectivity index (χ2n) is 3.40.